The van der Waals surface area contributed by atoms with E-state index in [2.05, 4.69) is 206 Å². The topological polar surface area (TPSA) is 4.93 Å². The van der Waals surface area contributed by atoms with Gasteiger partial charge in [-0.2, -0.15) is 0 Å². The summed E-state index contributed by atoms with van der Waals surface area (Å²) < 4.78 is 2.38. The molecule has 1 nitrogen and oxygen atoms in total. The van der Waals surface area contributed by atoms with Crippen LogP contribution in [0.5, 0.6) is 0 Å². The van der Waals surface area contributed by atoms with Crippen LogP contribution in [0.25, 0.3) is 72.0 Å². The van der Waals surface area contributed by atoms with Crippen molar-refractivity contribution in [3.05, 3.63) is 211 Å². The molecule has 0 radical (unpaired) electrons. The fraction of sp³-hybridized carbons (Fsp3) is 0.0400. The zero-order valence-corrected chi connectivity index (χ0v) is 28.6. The van der Waals surface area contributed by atoms with Crippen molar-refractivity contribution < 1.29 is 0 Å². The second kappa shape index (κ2) is 13.1. The highest BCUT2D eigenvalue weighted by molar-refractivity contribution is 6.09. The SMILES string of the molecule is Cc1ccccc1-c1ccccc1Cc1ccc(-c2ccccc2-c2ccccc2-c2ccc(-n3c4ccccc4c4ccccc43)cc2)cc1. The van der Waals surface area contributed by atoms with Crippen LogP contribution >= 0.6 is 0 Å². The molecule has 0 aliphatic rings. The van der Waals surface area contributed by atoms with Gasteiger partial charge in [0.1, 0.15) is 0 Å². The third-order valence-electron chi connectivity index (χ3n) is 10.3. The van der Waals surface area contributed by atoms with Crippen molar-refractivity contribution in [2.24, 2.45) is 0 Å². The summed E-state index contributed by atoms with van der Waals surface area (Å²) in [5.74, 6) is 0. The van der Waals surface area contributed by atoms with E-state index in [1.165, 1.54) is 83.0 Å². The fourth-order valence-corrected chi connectivity index (χ4v) is 7.76. The number of hydrogen-bond acceptors (Lipinski definition) is 0. The zero-order valence-electron chi connectivity index (χ0n) is 28.6. The lowest BCUT2D eigenvalue weighted by Gasteiger charge is -2.16. The maximum absolute atomic E-state index is 2.38. The normalized spacial score (nSPS) is 11.3. The van der Waals surface area contributed by atoms with E-state index in [1.807, 2.05) is 0 Å². The zero-order chi connectivity index (χ0) is 34.1. The predicted octanol–water partition coefficient (Wildman–Crippen LogP) is 13.4. The van der Waals surface area contributed by atoms with E-state index in [0.29, 0.717) is 0 Å². The number of aromatic nitrogens is 1. The maximum atomic E-state index is 2.38. The Kier molecular flexibility index (Phi) is 7.87. The van der Waals surface area contributed by atoms with Gasteiger partial charge in [0.2, 0.25) is 0 Å². The minimum atomic E-state index is 0.889. The number of hydrogen-bond donors (Lipinski definition) is 0. The van der Waals surface area contributed by atoms with Crippen LogP contribution in [0, 0.1) is 6.92 Å². The summed E-state index contributed by atoms with van der Waals surface area (Å²) in [5.41, 5.74) is 17.5. The molecular formula is C50H37N. The van der Waals surface area contributed by atoms with E-state index in [4.69, 9.17) is 0 Å². The molecule has 0 aliphatic heterocycles. The van der Waals surface area contributed by atoms with Crippen LogP contribution in [-0.4, -0.2) is 4.57 Å². The molecule has 1 aromatic heterocycles. The molecule has 1 heterocycles. The number of rotatable bonds is 7. The van der Waals surface area contributed by atoms with E-state index in [1.54, 1.807) is 0 Å². The molecular weight excluding hydrogens is 615 g/mol. The van der Waals surface area contributed by atoms with Gasteiger partial charge in [-0.05, 0) is 98.8 Å². The predicted molar refractivity (Wildman–Crippen MR) is 217 cm³/mol. The second-order valence-corrected chi connectivity index (χ2v) is 13.4. The van der Waals surface area contributed by atoms with E-state index < -0.39 is 0 Å². The molecule has 0 N–H and O–H groups in total. The summed E-state index contributed by atoms with van der Waals surface area (Å²) >= 11 is 0. The van der Waals surface area contributed by atoms with Crippen molar-refractivity contribution in [2.45, 2.75) is 13.3 Å². The first-order valence-electron chi connectivity index (χ1n) is 17.7. The standard InChI is InChI=1S/C50H37N/c1-35-14-2-4-16-41(35)44-19-5-3-15-39(44)34-36-26-28-37(29-27-36)42-17-6-8-20-45(42)46-21-9-7-18-43(46)38-30-32-40(33-31-38)51-49-24-12-10-22-47(49)48-23-11-13-25-50(48)51/h2-33H,34H2,1H3. The van der Waals surface area contributed by atoms with E-state index in [9.17, 15) is 0 Å². The van der Waals surface area contributed by atoms with Crippen LogP contribution in [-0.2, 0) is 6.42 Å². The molecule has 0 saturated carbocycles. The van der Waals surface area contributed by atoms with Gasteiger partial charge in [-0.25, -0.2) is 0 Å². The lowest BCUT2D eigenvalue weighted by atomic mass is 9.88. The van der Waals surface area contributed by atoms with Gasteiger partial charge in [0.05, 0.1) is 11.0 Å². The third kappa shape index (κ3) is 5.63. The van der Waals surface area contributed by atoms with Crippen LogP contribution in [0.15, 0.2) is 194 Å². The summed E-state index contributed by atoms with van der Waals surface area (Å²) in [6.45, 7) is 2.19. The van der Waals surface area contributed by atoms with Crippen molar-refractivity contribution in [2.75, 3.05) is 0 Å². The maximum Gasteiger partial charge on any atom is 0.0541 e. The Morgan fingerprint density at radius 2 is 0.784 bits per heavy atom. The molecule has 9 aromatic rings. The minimum Gasteiger partial charge on any atom is -0.309 e. The number of nitrogens with zero attached hydrogens (tertiary/aromatic N) is 1. The van der Waals surface area contributed by atoms with Crippen molar-refractivity contribution in [1.82, 2.24) is 4.57 Å². The first-order chi connectivity index (χ1) is 25.2. The summed E-state index contributed by atoms with van der Waals surface area (Å²) in [5, 5.41) is 2.55. The number of para-hydroxylation sites is 2. The number of benzene rings is 8. The molecule has 242 valence electrons. The lowest BCUT2D eigenvalue weighted by Crippen LogP contribution is -1.94. The molecule has 0 fully saturated rings. The van der Waals surface area contributed by atoms with Gasteiger partial charge in [-0.15, -0.1) is 0 Å². The van der Waals surface area contributed by atoms with E-state index >= 15 is 0 Å². The van der Waals surface area contributed by atoms with Crippen LogP contribution in [0.2, 0.25) is 0 Å². The average Bonchev–Trinajstić information content (AvgIpc) is 3.53. The van der Waals surface area contributed by atoms with Crippen molar-refractivity contribution in [3.63, 3.8) is 0 Å². The lowest BCUT2D eigenvalue weighted by molar-refractivity contribution is 1.18. The van der Waals surface area contributed by atoms with E-state index in [-0.39, 0.29) is 0 Å². The Morgan fingerprint density at radius 1 is 0.353 bits per heavy atom. The quantitative estimate of drug-likeness (QED) is 0.162. The Bertz CT molecular complexity index is 2600. The highest BCUT2D eigenvalue weighted by Gasteiger charge is 2.15. The van der Waals surface area contributed by atoms with Gasteiger partial charge in [0.25, 0.3) is 0 Å². The first kappa shape index (κ1) is 30.6. The van der Waals surface area contributed by atoms with Gasteiger partial charge in [-0.1, -0.05) is 170 Å². The Morgan fingerprint density at radius 3 is 1.35 bits per heavy atom. The second-order valence-electron chi connectivity index (χ2n) is 13.4. The average molecular weight is 652 g/mol. The Balaban J connectivity index is 1.04. The molecule has 51 heavy (non-hydrogen) atoms. The molecule has 1 heteroatoms. The van der Waals surface area contributed by atoms with Crippen LogP contribution in [0.1, 0.15) is 16.7 Å². The molecule has 0 aliphatic carbocycles. The van der Waals surface area contributed by atoms with Crippen molar-refractivity contribution in [3.8, 4) is 50.2 Å². The van der Waals surface area contributed by atoms with Gasteiger partial charge in [0, 0.05) is 16.5 Å². The molecule has 9 rings (SSSR count). The van der Waals surface area contributed by atoms with Gasteiger partial charge >= 0.3 is 0 Å². The van der Waals surface area contributed by atoms with E-state index in [0.717, 1.165) is 12.1 Å². The smallest absolute Gasteiger partial charge is 0.0541 e. The fourth-order valence-electron chi connectivity index (χ4n) is 7.76. The largest absolute Gasteiger partial charge is 0.309 e. The molecule has 0 bridgehead atoms. The molecule has 0 atom stereocenters. The van der Waals surface area contributed by atoms with Crippen LogP contribution in [0.4, 0.5) is 0 Å². The van der Waals surface area contributed by atoms with Crippen molar-refractivity contribution in [1.29, 1.82) is 0 Å². The Labute approximate surface area is 299 Å². The van der Waals surface area contributed by atoms with Crippen LogP contribution in [0.3, 0.4) is 0 Å². The Hall–Kier alpha value is -6.44. The molecule has 0 amide bonds. The first-order valence-corrected chi connectivity index (χ1v) is 17.7. The summed E-state index contributed by atoms with van der Waals surface area (Å²) in [4.78, 5) is 0. The van der Waals surface area contributed by atoms with Crippen LogP contribution < -0.4 is 0 Å². The molecule has 0 spiro atoms. The summed E-state index contributed by atoms with van der Waals surface area (Å²) in [7, 11) is 0. The molecule has 8 aromatic carbocycles. The van der Waals surface area contributed by atoms with Gasteiger partial charge in [0.15, 0.2) is 0 Å². The van der Waals surface area contributed by atoms with Crippen molar-refractivity contribution >= 4 is 21.8 Å². The summed E-state index contributed by atoms with van der Waals surface area (Å²) in [6.07, 6.45) is 0.889. The number of aryl methyl sites for hydroxylation is 1. The minimum absolute atomic E-state index is 0.889. The number of fused-ring (bicyclic) bond motifs is 3. The molecule has 0 saturated heterocycles. The van der Waals surface area contributed by atoms with Gasteiger partial charge < -0.3 is 4.57 Å². The van der Waals surface area contributed by atoms with Gasteiger partial charge in [-0.3, -0.25) is 0 Å². The monoisotopic (exact) mass is 651 g/mol. The highest BCUT2D eigenvalue weighted by Crippen LogP contribution is 2.39. The summed E-state index contributed by atoms with van der Waals surface area (Å²) in [6, 6.07) is 70.6. The highest BCUT2D eigenvalue weighted by atomic mass is 15.0. The molecule has 0 unspecified atom stereocenters. The third-order valence-corrected chi connectivity index (χ3v) is 10.3.